The van der Waals surface area contributed by atoms with E-state index in [9.17, 15) is 45.1 Å². The van der Waals surface area contributed by atoms with Crippen molar-refractivity contribution >= 4 is 11.9 Å². The molecule has 0 aliphatic rings. The molecule has 312 valence electrons. The predicted octanol–water partition coefficient (Wildman–Crippen LogP) is 9.85. The van der Waals surface area contributed by atoms with Crippen molar-refractivity contribution in [2.75, 3.05) is 26.2 Å². The highest BCUT2D eigenvalue weighted by atomic mass is 19.4. The average Bonchev–Trinajstić information content (AvgIpc) is 3.12. The summed E-state index contributed by atoms with van der Waals surface area (Å²) in [5.74, 6) is -4.59. The number of rotatable bonds is 20. The number of hydrogen-bond donors (Lipinski definition) is 1. The number of aryl methyl sites for hydroxylation is 2. The number of alkyl halides is 6. The number of nitrogens with one attached hydrogen (secondary N) is 1. The molecule has 1 heterocycles. The van der Waals surface area contributed by atoms with Gasteiger partial charge in [0.15, 0.2) is 0 Å². The van der Waals surface area contributed by atoms with Gasteiger partial charge in [-0.2, -0.15) is 26.3 Å². The van der Waals surface area contributed by atoms with Gasteiger partial charge in [0.1, 0.15) is 17.7 Å². The Hall–Kier alpha value is -4.79. The minimum absolute atomic E-state index is 0.151. The molecular weight excluding hydrogens is 762 g/mol. The molecule has 0 bridgehead atoms. The number of pyridine rings is 1. The van der Waals surface area contributed by atoms with E-state index in [2.05, 4.69) is 18.5 Å². The van der Waals surface area contributed by atoms with Gasteiger partial charge < -0.3 is 19.5 Å². The average molecular weight is 812 g/mol. The van der Waals surface area contributed by atoms with Gasteiger partial charge in [-0.3, -0.25) is 14.4 Å². The third-order valence-electron chi connectivity index (χ3n) is 9.64. The Morgan fingerprint density at radius 1 is 0.895 bits per heavy atom. The Morgan fingerprint density at radius 2 is 1.56 bits per heavy atom. The van der Waals surface area contributed by atoms with Gasteiger partial charge in [-0.05, 0) is 118 Å². The van der Waals surface area contributed by atoms with E-state index in [1.54, 1.807) is 6.08 Å². The molecule has 3 aromatic rings. The second-order valence-corrected chi connectivity index (χ2v) is 13.6. The fourth-order valence-corrected chi connectivity index (χ4v) is 6.79. The predicted molar refractivity (Wildman–Crippen MR) is 202 cm³/mol. The van der Waals surface area contributed by atoms with Crippen LogP contribution >= 0.6 is 0 Å². The second-order valence-electron chi connectivity index (χ2n) is 13.6. The van der Waals surface area contributed by atoms with Crippen LogP contribution in [0.15, 0.2) is 66.6 Å². The van der Waals surface area contributed by atoms with E-state index in [0.29, 0.717) is 50.0 Å². The highest BCUT2D eigenvalue weighted by Gasteiger charge is 2.39. The molecule has 0 aliphatic carbocycles. The molecule has 0 radical (unpaired) electrons. The minimum Gasteiger partial charge on any atom is -0.466 e. The molecule has 0 unspecified atom stereocenters. The number of benzene rings is 2. The molecular formula is C42H49F8N3O4. The zero-order valence-corrected chi connectivity index (χ0v) is 32.5. The number of carbonyl (C=O) groups is 2. The van der Waals surface area contributed by atoms with Gasteiger partial charge >= 0.3 is 18.3 Å². The molecule has 3 rings (SSSR count). The van der Waals surface area contributed by atoms with Crippen molar-refractivity contribution in [3.63, 3.8) is 0 Å². The van der Waals surface area contributed by atoms with Crippen LogP contribution in [0.25, 0.3) is 11.1 Å². The van der Waals surface area contributed by atoms with E-state index in [-0.39, 0.29) is 54.7 Å². The number of halogens is 8. The minimum atomic E-state index is -5.27. The van der Waals surface area contributed by atoms with Crippen LogP contribution in [-0.2, 0) is 39.5 Å². The summed E-state index contributed by atoms with van der Waals surface area (Å²) in [7, 11) is 0. The summed E-state index contributed by atoms with van der Waals surface area (Å²) in [6.45, 7) is 14.9. The normalized spacial score (nSPS) is 13.0. The largest absolute Gasteiger partial charge is 0.466 e. The third-order valence-corrected chi connectivity index (χ3v) is 9.64. The van der Waals surface area contributed by atoms with E-state index < -0.39 is 76.6 Å². The van der Waals surface area contributed by atoms with Crippen molar-refractivity contribution in [3.8, 4) is 11.1 Å². The number of ether oxygens (including phenoxy) is 1. The molecule has 2 aromatic carbocycles. The van der Waals surface area contributed by atoms with Crippen LogP contribution in [-0.4, -0.2) is 47.6 Å². The molecule has 2 atom stereocenters. The summed E-state index contributed by atoms with van der Waals surface area (Å²) in [4.78, 5) is 42.2. The molecule has 1 aromatic heterocycles. The van der Waals surface area contributed by atoms with Crippen LogP contribution in [0.5, 0.6) is 0 Å². The molecule has 0 fully saturated rings. The summed E-state index contributed by atoms with van der Waals surface area (Å²) in [5.41, 5.74) is -4.56. The molecule has 0 aliphatic heterocycles. The number of carbonyl (C=O) groups excluding carboxylic acids is 2. The maximum Gasteiger partial charge on any atom is 0.419 e. The van der Waals surface area contributed by atoms with Gasteiger partial charge in [0.2, 0.25) is 5.91 Å². The van der Waals surface area contributed by atoms with Gasteiger partial charge in [-0.25, -0.2) is 8.78 Å². The van der Waals surface area contributed by atoms with Crippen molar-refractivity contribution in [2.45, 2.75) is 97.1 Å². The number of allylic oxidation sites excluding steroid dienone is 2. The number of nitrogens with zero attached hydrogens (tertiary/aromatic N) is 2. The molecule has 7 nitrogen and oxygen atoms in total. The molecule has 15 heteroatoms. The van der Waals surface area contributed by atoms with Crippen LogP contribution in [0.4, 0.5) is 35.1 Å². The molecule has 1 N–H and O–H groups in total. The van der Waals surface area contributed by atoms with Crippen molar-refractivity contribution in [2.24, 2.45) is 0 Å². The van der Waals surface area contributed by atoms with Crippen LogP contribution in [0.2, 0.25) is 0 Å². The van der Waals surface area contributed by atoms with Gasteiger partial charge in [0, 0.05) is 24.4 Å². The van der Waals surface area contributed by atoms with E-state index >= 15 is 4.39 Å². The Balaban J connectivity index is 2.26. The fourth-order valence-electron chi connectivity index (χ4n) is 6.79. The summed E-state index contributed by atoms with van der Waals surface area (Å²) < 4.78 is 123. The Morgan fingerprint density at radius 3 is 2.14 bits per heavy atom. The van der Waals surface area contributed by atoms with Gasteiger partial charge in [0.05, 0.1) is 30.2 Å². The Labute approximate surface area is 327 Å². The first-order valence-electron chi connectivity index (χ1n) is 18.7. The molecule has 1 amide bonds. The first-order chi connectivity index (χ1) is 26.8. The second kappa shape index (κ2) is 20.6. The molecule has 0 spiro atoms. The van der Waals surface area contributed by atoms with E-state index in [4.69, 9.17) is 4.74 Å². The first-order valence-corrected chi connectivity index (χ1v) is 18.7. The van der Waals surface area contributed by atoms with Gasteiger partial charge in [-0.1, -0.05) is 26.0 Å². The lowest BCUT2D eigenvalue weighted by molar-refractivity contribution is -0.144. The number of likely N-dealkylation sites (N-methyl/N-ethyl adjacent to an activating group) is 1. The zero-order valence-electron chi connectivity index (χ0n) is 32.5. The van der Waals surface area contributed by atoms with E-state index in [1.165, 1.54) is 26.0 Å². The lowest BCUT2D eigenvalue weighted by Crippen LogP contribution is -2.40. The van der Waals surface area contributed by atoms with Crippen molar-refractivity contribution in [1.29, 1.82) is 0 Å². The summed E-state index contributed by atoms with van der Waals surface area (Å²) in [6, 6.07) is 0.836. The van der Waals surface area contributed by atoms with Gasteiger partial charge in [0.25, 0.3) is 5.56 Å². The standard InChI is InChI=1S/C42H49F8N3O4/c1-7-12-13-14-16-27-20-30(43)19-26(6)38(27)29-21-31(39(44)33(22-29)42(48,49)50)34(24-37(55)57-11-5)51-40(56)35(15-8-2)53-25-28(17-18-52(9-3)10-4)32(23-36(53)54)41(45,46)47/h7-8,19-23,25,34-35H,1-2,9-18,24H2,3-6H3,(H,51,56)/t34-,35-/m0/s1. The Kier molecular flexibility index (Phi) is 16.8. The zero-order chi connectivity index (χ0) is 42.7. The maximum atomic E-state index is 16.2. The van der Waals surface area contributed by atoms with Crippen LogP contribution in [0.3, 0.4) is 0 Å². The van der Waals surface area contributed by atoms with Crippen molar-refractivity contribution in [1.82, 2.24) is 14.8 Å². The number of esters is 1. The van der Waals surface area contributed by atoms with E-state index in [1.807, 2.05) is 18.7 Å². The quantitative estimate of drug-likeness (QED) is 0.0532. The van der Waals surface area contributed by atoms with Crippen molar-refractivity contribution < 1.29 is 49.4 Å². The number of hydrogen-bond acceptors (Lipinski definition) is 5. The summed E-state index contributed by atoms with van der Waals surface area (Å²) in [5, 5.41) is 2.40. The number of aromatic nitrogens is 1. The highest BCUT2D eigenvalue weighted by molar-refractivity contribution is 5.82. The Bertz CT molecular complexity index is 1950. The van der Waals surface area contributed by atoms with E-state index in [0.717, 1.165) is 22.9 Å². The maximum absolute atomic E-state index is 16.2. The summed E-state index contributed by atoms with van der Waals surface area (Å²) >= 11 is 0. The highest BCUT2D eigenvalue weighted by Crippen LogP contribution is 2.41. The topological polar surface area (TPSA) is 80.6 Å². The van der Waals surface area contributed by atoms with Crippen LogP contribution < -0.4 is 10.9 Å². The number of unbranched alkanes of at least 4 members (excludes halogenated alkanes) is 2. The molecule has 0 saturated carbocycles. The van der Waals surface area contributed by atoms with Crippen molar-refractivity contribution in [3.05, 3.63) is 117 Å². The molecule has 0 saturated heterocycles. The molecule has 57 heavy (non-hydrogen) atoms. The fraction of sp³-hybridized carbons (Fsp3) is 0.452. The van der Waals surface area contributed by atoms with Crippen LogP contribution in [0, 0.1) is 18.6 Å². The van der Waals surface area contributed by atoms with Gasteiger partial charge in [-0.15, -0.1) is 13.2 Å². The first kappa shape index (κ1) is 46.6. The smallest absolute Gasteiger partial charge is 0.419 e. The SMILES string of the molecule is C=CCCCCc1cc(F)cc(C)c1-c1cc([C@H](CC(=O)OCC)NC(=O)[C@H](CC=C)n2cc(CCN(CC)CC)c(C(F)(F)F)cc2=O)c(F)c(C(F)(F)F)c1. The third kappa shape index (κ3) is 12.3. The monoisotopic (exact) mass is 811 g/mol. The lowest BCUT2D eigenvalue weighted by atomic mass is 9.88. The number of amides is 1. The summed E-state index contributed by atoms with van der Waals surface area (Å²) in [6.07, 6.45) is -5.67. The van der Waals surface area contributed by atoms with Crippen LogP contribution in [0.1, 0.15) is 98.3 Å². The lowest BCUT2D eigenvalue weighted by Gasteiger charge is -2.26.